The minimum atomic E-state index is 0.401. The van der Waals surface area contributed by atoms with E-state index in [1.807, 2.05) is 0 Å². The quantitative estimate of drug-likeness (QED) is 0.853. The predicted octanol–water partition coefficient (Wildman–Crippen LogP) is 2.97. The van der Waals surface area contributed by atoms with Crippen molar-refractivity contribution in [2.45, 2.75) is 38.3 Å². The highest BCUT2D eigenvalue weighted by Crippen LogP contribution is 2.18. The Balaban J connectivity index is 1.76. The molecule has 0 amide bonds. The number of nitrogens with zero attached hydrogens (tertiary/aromatic N) is 1. The van der Waals surface area contributed by atoms with Gasteiger partial charge in [-0.05, 0) is 50.4 Å². The minimum Gasteiger partial charge on any atom is -0.378 e. The molecule has 2 rings (SSSR count). The zero-order valence-electron chi connectivity index (χ0n) is 12.4. The highest BCUT2D eigenvalue weighted by atomic mass is 16.5. The molecule has 2 atom stereocenters. The van der Waals surface area contributed by atoms with Crippen LogP contribution >= 0.6 is 0 Å². The molecule has 0 saturated carbocycles. The lowest BCUT2D eigenvalue weighted by molar-refractivity contribution is 0.103. The number of rotatable bonds is 6. The third-order valence-corrected chi connectivity index (χ3v) is 3.85. The summed E-state index contributed by atoms with van der Waals surface area (Å²) in [6, 6.07) is 9.16. The summed E-state index contributed by atoms with van der Waals surface area (Å²) in [7, 11) is 4.14. The first-order valence-electron chi connectivity index (χ1n) is 7.29. The lowest BCUT2D eigenvalue weighted by Crippen LogP contribution is -2.23. The molecule has 0 bridgehead atoms. The zero-order valence-corrected chi connectivity index (χ0v) is 12.4. The Bertz CT molecular complexity index is 369. The monoisotopic (exact) mass is 262 g/mol. The number of ether oxygens (including phenoxy) is 1. The van der Waals surface area contributed by atoms with E-state index in [1.54, 1.807) is 0 Å². The highest BCUT2D eigenvalue weighted by Gasteiger charge is 2.15. The number of nitrogens with one attached hydrogen (secondary N) is 1. The first-order chi connectivity index (χ1) is 9.16. The Morgan fingerprint density at radius 2 is 2.05 bits per heavy atom. The van der Waals surface area contributed by atoms with Crippen molar-refractivity contribution in [3.05, 3.63) is 29.8 Å². The first-order valence-corrected chi connectivity index (χ1v) is 7.29. The van der Waals surface area contributed by atoms with Crippen LogP contribution in [0.25, 0.3) is 0 Å². The maximum atomic E-state index is 5.64. The van der Waals surface area contributed by atoms with Crippen LogP contribution < -0.4 is 10.2 Å². The molecule has 1 N–H and O–H groups in total. The van der Waals surface area contributed by atoms with E-state index in [0.29, 0.717) is 12.1 Å². The summed E-state index contributed by atoms with van der Waals surface area (Å²) >= 11 is 0. The molecule has 19 heavy (non-hydrogen) atoms. The lowest BCUT2D eigenvalue weighted by atomic mass is 10.1. The molecule has 2 unspecified atom stereocenters. The van der Waals surface area contributed by atoms with Crippen molar-refractivity contribution in [2.75, 3.05) is 32.1 Å². The smallest absolute Gasteiger partial charge is 0.0588 e. The van der Waals surface area contributed by atoms with E-state index in [4.69, 9.17) is 4.74 Å². The van der Waals surface area contributed by atoms with Gasteiger partial charge in [-0.1, -0.05) is 12.1 Å². The second-order valence-electron chi connectivity index (χ2n) is 5.59. The van der Waals surface area contributed by atoms with Crippen molar-refractivity contribution < 1.29 is 4.74 Å². The summed E-state index contributed by atoms with van der Waals surface area (Å²) in [6.07, 6.45) is 4.07. The topological polar surface area (TPSA) is 24.5 Å². The second kappa shape index (κ2) is 6.92. The molecule has 106 valence electrons. The van der Waals surface area contributed by atoms with E-state index >= 15 is 0 Å². The van der Waals surface area contributed by atoms with Crippen LogP contribution in [0, 0.1) is 0 Å². The fraction of sp³-hybridized carbons (Fsp3) is 0.625. The molecule has 3 heteroatoms. The average Bonchev–Trinajstić information content (AvgIpc) is 2.92. The summed E-state index contributed by atoms with van der Waals surface area (Å²) in [5.41, 5.74) is 2.59. The van der Waals surface area contributed by atoms with Crippen LogP contribution in [0.4, 0.5) is 5.69 Å². The van der Waals surface area contributed by atoms with Gasteiger partial charge in [-0.25, -0.2) is 0 Å². The standard InChI is InChI=1S/C16H26N2O/c1-13(17-11-10-16-5-4-12-19-16)14-6-8-15(9-7-14)18(2)3/h6-9,13,16-17H,4-5,10-12H2,1-3H3. The Labute approximate surface area is 116 Å². The van der Waals surface area contributed by atoms with Gasteiger partial charge in [0.05, 0.1) is 6.10 Å². The van der Waals surface area contributed by atoms with Crippen LogP contribution in [-0.4, -0.2) is 33.4 Å². The molecule has 1 aliphatic rings. The molecule has 1 aliphatic heterocycles. The van der Waals surface area contributed by atoms with E-state index < -0.39 is 0 Å². The summed E-state index contributed by atoms with van der Waals surface area (Å²) < 4.78 is 5.64. The molecule has 0 spiro atoms. The van der Waals surface area contributed by atoms with E-state index in [0.717, 1.165) is 19.6 Å². The van der Waals surface area contributed by atoms with Crippen LogP contribution in [0.3, 0.4) is 0 Å². The van der Waals surface area contributed by atoms with E-state index in [-0.39, 0.29) is 0 Å². The third-order valence-electron chi connectivity index (χ3n) is 3.85. The average molecular weight is 262 g/mol. The zero-order chi connectivity index (χ0) is 13.7. The van der Waals surface area contributed by atoms with Crippen LogP contribution in [-0.2, 0) is 4.74 Å². The van der Waals surface area contributed by atoms with Gasteiger partial charge in [0.2, 0.25) is 0 Å². The van der Waals surface area contributed by atoms with Crippen molar-refractivity contribution >= 4 is 5.69 Å². The van der Waals surface area contributed by atoms with Gasteiger partial charge in [-0.15, -0.1) is 0 Å². The van der Waals surface area contributed by atoms with Gasteiger partial charge in [0.1, 0.15) is 0 Å². The number of anilines is 1. The van der Waals surface area contributed by atoms with Gasteiger partial charge in [-0.2, -0.15) is 0 Å². The maximum Gasteiger partial charge on any atom is 0.0588 e. The van der Waals surface area contributed by atoms with Crippen molar-refractivity contribution in [3.63, 3.8) is 0 Å². The molecule has 1 heterocycles. The van der Waals surface area contributed by atoms with Gasteiger partial charge in [0, 0.05) is 32.4 Å². The van der Waals surface area contributed by atoms with Gasteiger partial charge in [-0.3, -0.25) is 0 Å². The van der Waals surface area contributed by atoms with Crippen molar-refractivity contribution in [2.24, 2.45) is 0 Å². The van der Waals surface area contributed by atoms with Crippen LogP contribution in [0.1, 0.15) is 37.8 Å². The molecule has 0 aliphatic carbocycles. The minimum absolute atomic E-state index is 0.401. The molecule has 0 aromatic heterocycles. The fourth-order valence-corrected chi connectivity index (χ4v) is 2.51. The fourth-order valence-electron chi connectivity index (χ4n) is 2.51. The van der Waals surface area contributed by atoms with E-state index in [1.165, 1.54) is 24.1 Å². The van der Waals surface area contributed by atoms with E-state index in [2.05, 4.69) is 55.5 Å². The maximum absolute atomic E-state index is 5.64. The molecule has 1 aromatic rings. The summed E-state index contributed by atoms with van der Waals surface area (Å²) in [5, 5.41) is 3.58. The molecule has 1 fully saturated rings. The Kier molecular flexibility index (Phi) is 5.23. The Morgan fingerprint density at radius 1 is 1.32 bits per heavy atom. The van der Waals surface area contributed by atoms with Gasteiger partial charge >= 0.3 is 0 Å². The van der Waals surface area contributed by atoms with Gasteiger partial charge < -0.3 is 15.0 Å². The second-order valence-corrected chi connectivity index (χ2v) is 5.59. The summed E-state index contributed by atoms with van der Waals surface area (Å²) in [4.78, 5) is 2.12. The third kappa shape index (κ3) is 4.22. The van der Waals surface area contributed by atoms with Crippen molar-refractivity contribution in [1.29, 1.82) is 0 Å². The Morgan fingerprint density at radius 3 is 2.63 bits per heavy atom. The van der Waals surface area contributed by atoms with E-state index in [9.17, 15) is 0 Å². The molecule has 1 aromatic carbocycles. The first kappa shape index (κ1) is 14.4. The van der Waals surface area contributed by atoms with Gasteiger partial charge in [0.15, 0.2) is 0 Å². The largest absolute Gasteiger partial charge is 0.378 e. The molecule has 3 nitrogen and oxygen atoms in total. The number of benzene rings is 1. The van der Waals surface area contributed by atoms with Crippen molar-refractivity contribution in [1.82, 2.24) is 5.32 Å². The predicted molar refractivity (Wildman–Crippen MR) is 80.8 cm³/mol. The highest BCUT2D eigenvalue weighted by molar-refractivity contribution is 5.46. The van der Waals surface area contributed by atoms with Crippen molar-refractivity contribution in [3.8, 4) is 0 Å². The molecular weight excluding hydrogens is 236 g/mol. The number of hydrogen-bond donors (Lipinski definition) is 1. The Hall–Kier alpha value is -1.06. The summed E-state index contributed by atoms with van der Waals surface area (Å²) in [6.45, 7) is 4.20. The SMILES string of the molecule is CC(NCCC1CCCO1)c1ccc(N(C)C)cc1. The lowest BCUT2D eigenvalue weighted by Gasteiger charge is -2.18. The van der Waals surface area contributed by atoms with Crippen LogP contribution in [0.2, 0.25) is 0 Å². The number of hydrogen-bond acceptors (Lipinski definition) is 3. The van der Waals surface area contributed by atoms with Crippen LogP contribution in [0.5, 0.6) is 0 Å². The molecular formula is C16H26N2O. The van der Waals surface area contributed by atoms with Gasteiger partial charge in [0.25, 0.3) is 0 Å². The summed E-state index contributed by atoms with van der Waals surface area (Å²) in [5.74, 6) is 0. The normalized spacial score (nSPS) is 20.5. The molecule has 1 saturated heterocycles. The molecule has 0 radical (unpaired) electrons. The van der Waals surface area contributed by atoms with Crippen LogP contribution in [0.15, 0.2) is 24.3 Å².